The van der Waals surface area contributed by atoms with Gasteiger partial charge in [-0.05, 0) is 48.0 Å². The molecular formula is C30H23N5O4S2. The Morgan fingerprint density at radius 3 is 2.29 bits per heavy atom. The molecular weight excluding hydrogens is 558 g/mol. The van der Waals surface area contributed by atoms with E-state index in [0.717, 1.165) is 11.3 Å². The molecule has 0 radical (unpaired) electrons. The summed E-state index contributed by atoms with van der Waals surface area (Å²) in [4.78, 5) is 32.7. The number of benzene rings is 3. The Labute approximate surface area is 244 Å². The molecule has 0 amide bonds. The highest BCUT2D eigenvalue weighted by atomic mass is 32.2. The van der Waals surface area contributed by atoms with E-state index < -0.39 is 6.04 Å². The number of rotatable bonds is 7. The molecule has 2 aromatic heterocycles. The van der Waals surface area contributed by atoms with Crippen LogP contribution in [0.15, 0.2) is 94.8 Å². The third-order valence-electron chi connectivity index (χ3n) is 6.55. The molecule has 0 bridgehead atoms. The largest absolute Gasteiger partial charge is 0.493 e. The number of hydrogen-bond donors (Lipinski definition) is 1. The monoisotopic (exact) mass is 581 g/mol. The Hall–Kier alpha value is -4.74. The maximum absolute atomic E-state index is 13.8. The first kappa shape index (κ1) is 26.5. The van der Waals surface area contributed by atoms with E-state index in [4.69, 9.17) is 26.7 Å². The Morgan fingerprint density at radius 2 is 1.61 bits per heavy atom. The van der Waals surface area contributed by atoms with Crippen LogP contribution in [0.3, 0.4) is 0 Å². The van der Waals surface area contributed by atoms with Crippen molar-refractivity contribution in [2.45, 2.75) is 6.04 Å². The number of hydrogen-bond acceptors (Lipinski definition) is 9. The molecule has 204 valence electrons. The maximum atomic E-state index is 13.8. The molecule has 0 aliphatic carbocycles. The zero-order valence-electron chi connectivity index (χ0n) is 22.0. The van der Waals surface area contributed by atoms with Crippen LogP contribution in [0, 0.1) is 0 Å². The number of carbonyl (C=O) groups is 1. The molecule has 3 aromatic carbocycles. The molecule has 9 nitrogen and oxygen atoms in total. The molecule has 1 N–H and O–H groups in total. The Balaban J connectivity index is 1.42. The first-order valence-electron chi connectivity index (χ1n) is 12.6. The molecule has 1 fully saturated rings. The van der Waals surface area contributed by atoms with Gasteiger partial charge in [0.1, 0.15) is 11.4 Å². The molecule has 1 atom stereocenters. The first-order valence-corrected chi connectivity index (χ1v) is 13.8. The van der Waals surface area contributed by atoms with Crippen LogP contribution in [-0.2, 0) is 4.79 Å². The topological polar surface area (TPSA) is 100 Å². The third-order valence-corrected chi connectivity index (χ3v) is 8.01. The van der Waals surface area contributed by atoms with Crippen molar-refractivity contribution >= 4 is 57.0 Å². The van der Waals surface area contributed by atoms with E-state index in [2.05, 4.69) is 10.4 Å². The summed E-state index contributed by atoms with van der Waals surface area (Å²) < 4.78 is 14.2. The quantitative estimate of drug-likeness (QED) is 0.209. The molecule has 5 aromatic rings. The molecule has 1 saturated heterocycles. The summed E-state index contributed by atoms with van der Waals surface area (Å²) in [7, 11) is 3.12. The minimum Gasteiger partial charge on any atom is -0.493 e. The van der Waals surface area contributed by atoms with Crippen molar-refractivity contribution in [1.82, 2.24) is 19.3 Å². The van der Waals surface area contributed by atoms with Crippen molar-refractivity contribution in [2.75, 3.05) is 19.5 Å². The van der Waals surface area contributed by atoms with Crippen molar-refractivity contribution in [3.05, 3.63) is 106 Å². The number of nitrogens with one attached hydrogen (secondary N) is 1. The van der Waals surface area contributed by atoms with E-state index in [-0.39, 0.29) is 17.3 Å². The highest BCUT2D eigenvalue weighted by Crippen LogP contribution is 2.36. The van der Waals surface area contributed by atoms with Crippen LogP contribution in [0.5, 0.6) is 11.5 Å². The molecule has 3 heterocycles. The van der Waals surface area contributed by atoms with Crippen LogP contribution in [0.4, 0.5) is 5.95 Å². The number of aromatic nitrogens is 4. The minimum absolute atomic E-state index is 0.181. The lowest BCUT2D eigenvalue weighted by Crippen LogP contribution is -2.34. The summed E-state index contributed by atoms with van der Waals surface area (Å²) in [6.07, 6.45) is 3.26. The van der Waals surface area contributed by atoms with Crippen LogP contribution in [0.2, 0.25) is 0 Å². The second-order valence-electron chi connectivity index (χ2n) is 9.03. The second-order valence-corrected chi connectivity index (χ2v) is 10.8. The normalized spacial score (nSPS) is 16.0. The van der Waals surface area contributed by atoms with Gasteiger partial charge in [-0.1, -0.05) is 66.4 Å². The van der Waals surface area contributed by atoms with Gasteiger partial charge in [-0.15, -0.1) is 0 Å². The smallest absolute Gasteiger partial charge is 0.270 e. The summed E-state index contributed by atoms with van der Waals surface area (Å²) >= 11 is 6.84. The summed E-state index contributed by atoms with van der Waals surface area (Å²) in [5, 5.41) is 7.96. The molecule has 11 heteroatoms. The van der Waals surface area contributed by atoms with Crippen LogP contribution in [0.25, 0.3) is 28.5 Å². The standard InChI is InChI=1S/C30H23N5O4S2/c1-38-22-14-13-18(15-23(22)39-2)16-24-26(36)25(29(40)41-24)32-30-33-27-21(17-31-35(27)20-11-7-4-8-12-20)28(37)34(30)19-9-5-3-6-10-19/h3-17,25H,1-2H3,(H,32,33)/b24-16+. The minimum atomic E-state index is -0.881. The summed E-state index contributed by atoms with van der Waals surface area (Å²) in [6, 6.07) is 23.0. The second kappa shape index (κ2) is 11.0. The van der Waals surface area contributed by atoms with Gasteiger partial charge in [0, 0.05) is 0 Å². The van der Waals surface area contributed by atoms with Gasteiger partial charge >= 0.3 is 0 Å². The fraction of sp³-hybridized carbons (Fsp3) is 0.100. The van der Waals surface area contributed by atoms with Gasteiger partial charge in [-0.2, -0.15) is 10.1 Å². The predicted octanol–water partition coefficient (Wildman–Crippen LogP) is 5.05. The fourth-order valence-electron chi connectivity index (χ4n) is 4.55. The van der Waals surface area contributed by atoms with Crippen molar-refractivity contribution in [1.29, 1.82) is 0 Å². The number of ether oxygens (including phenoxy) is 2. The van der Waals surface area contributed by atoms with Gasteiger partial charge in [-0.25, -0.2) is 9.25 Å². The number of ketones is 1. The van der Waals surface area contributed by atoms with E-state index in [1.165, 1.54) is 22.5 Å². The highest BCUT2D eigenvalue weighted by molar-refractivity contribution is 8.27. The average molecular weight is 582 g/mol. The summed E-state index contributed by atoms with van der Waals surface area (Å²) in [6.45, 7) is 0. The molecule has 0 spiro atoms. The number of thioether (sulfide) groups is 1. The van der Waals surface area contributed by atoms with Gasteiger partial charge in [0.05, 0.1) is 40.9 Å². The zero-order chi connectivity index (χ0) is 28.5. The van der Waals surface area contributed by atoms with Gasteiger partial charge in [0.2, 0.25) is 5.95 Å². The van der Waals surface area contributed by atoms with Crippen LogP contribution in [-0.4, -0.2) is 49.6 Å². The van der Waals surface area contributed by atoms with Crippen molar-refractivity contribution in [3.8, 4) is 22.9 Å². The Kier molecular flexibility index (Phi) is 7.12. The van der Waals surface area contributed by atoms with Gasteiger partial charge < -0.3 is 14.8 Å². The first-order chi connectivity index (χ1) is 20.0. The maximum Gasteiger partial charge on any atom is 0.270 e. The Morgan fingerprint density at radius 1 is 0.927 bits per heavy atom. The van der Waals surface area contributed by atoms with E-state index in [9.17, 15) is 9.59 Å². The lowest BCUT2D eigenvalue weighted by atomic mass is 10.1. The number of para-hydroxylation sites is 2. The van der Waals surface area contributed by atoms with E-state index in [1.54, 1.807) is 49.2 Å². The lowest BCUT2D eigenvalue weighted by Gasteiger charge is -2.17. The van der Waals surface area contributed by atoms with E-state index in [0.29, 0.717) is 37.3 Å². The highest BCUT2D eigenvalue weighted by Gasteiger charge is 2.36. The lowest BCUT2D eigenvalue weighted by molar-refractivity contribution is -0.114. The zero-order valence-corrected chi connectivity index (χ0v) is 23.6. The van der Waals surface area contributed by atoms with Gasteiger partial charge in [-0.3, -0.25) is 9.59 Å². The number of methoxy groups -OCH3 is 2. The third kappa shape index (κ3) is 4.90. The number of fused-ring (bicyclic) bond motifs is 1. The molecule has 6 rings (SSSR count). The number of Topliss-reactive ketones (excluding diaryl/α,β-unsaturated/α-hetero) is 1. The summed E-state index contributed by atoms with van der Waals surface area (Å²) in [5.41, 5.74) is 2.14. The van der Waals surface area contributed by atoms with Crippen molar-refractivity contribution in [3.63, 3.8) is 0 Å². The van der Waals surface area contributed by atoms with E-state index in [1.807, 2.05) is 54.6 Å². The molecule has 0 saturated carbocycles. The number of thiocarbonyl (C=S) groups is 1. The average Bonchev–Trinajstić information content (AvgIpc) is 3.54. The molecule has 1 aliphatic heterocycles. The SMILES string of the molecule is COc1ccc(/C=C2/SC(=S)C(Nc3nc4c(cnn4-c4ccccc4)c(=O)n3-c3ccccc3)C2=O)cc1OC. The summed E-state index contributed by atoms with van der Waals surface area (Å²) in [5.74, 6) is 1.10. The molecule has 1 aliphatic rings. The number of anilines is 1. The predicted molar refractivity (Wildman–Crippen MR) is 165 cm³/mol. The van der Waals surface area contributed by atoms with Crippen LogP contribution in [0.1, 0.15) is 5.56 Å². The van der Waals surface area contributed by atoms with Gasteiger partial charge in [0.25, 0.3) is 5.56 Å². The number of nitrogens with zero attached hydrogens (tertiary/aromatic N) is 4. The molecule has 41 heavy (non-hydrogen) atoms. The van der Waals surface area contributed by atoms with Crippen molar-refractivity contribution in [2.24, 2.45) is 0 Å². The number of carbonyl (C=O) groups excluding carboxylic acids is 1. The molecule has 1 unspecified atom stereocenters. The van der Waals surface area contributed by atoms with Crippen LogP contribution < -0.4 is 20.3 Å². The van der Waals surface area contributed by atoms with Gasteiger partial charge in [0.15, 0.2) is 22.9 Å². The van der Waals surface area contributed by atoms with E-state index >= 15 is 0 Å². The Bertz CT molecular complexity index is 1880. The fourth-order valence-corrected chi connectivity index (χ4v) is 5.90. The van der Waals surface area contributed by atoms with Crippen LogP contribution >= 0.6 is 24.0 Å². The van der Waals surface area contributed by atoms with Crippen molar-refractivity contribution < 1.29 is 14.3 Å².